The third-order valence-electron chi connectivity index (χ3n) is 3.28. The fraction of sp³-hybridized carbons (Fsp3) is 0.667. The monoisotopic (exact) mass is 264 g/mol. The van der Waals surface area contributed by atoms with Crippen molar-refractivity contribution in [2.45, 2.75) is 32.4 Å². The van der Waals surface area contributed by atoms with Crippen LogP contribution in [0.4, 0.5) is 0 Å². The highest BCUT2D eigenvalue weighted by Gasteiger charge is 2.23. The molecule has 0 radical (unpaired) electrons. The van der Waals surface area contributed by atoms with E-state index >= 15 is 0 Å². The van der Waals surface area contributed by atoms with Gasteiger partial charge < -0.3 is 10.6 Å². The fourth-order valence-electron chi connectivity index (χ4n) is 2.41. The Balaban J connectivity index is 2.86. The highest BCUT2D eigenvalue weighted by molar-refractivity contribution is 5.17. The van der Waals surface area contributed by atoms with Crippen LogP contribution in [0.2, 0.25) is 0 Å². The average molecular weight is 264 g/mol. The van der Waals surface area contributed by atoms with Gasteiger partial charge in [-0.05, 0) is 51.7 Å². The third-order valence-corrected chi connectivity index (χ3v) is 3.28. The number of rotatable bonds is 8. The minimum Gasteiger partial charge on any atom is -0.326 e. The SMILES string of the molecule is CCCN(CCN(C)C)C(c1ccncc1)C(C)N. The van der Waals surface area contributed by atoms with Crippen LogP contribution in [-0.4, -0.2) is 54.6 Å². The van der Waals surface area contributed by atoms with Gasteiger partial charge in [0.25, 0.3) is 0 Å². The van der Waals surface area contributed by atoms with Crippen molar-refractivity contribution in [1.29, 1.82) is 0 Å². The first-order valence-corrected chi connectivity index (χ1v) is 7.10. The molecule has 0 aliphatic rings. The summed E-state index contributed by atoms with van der Waals surface area (Å²) >= 11 is 0. The van der Waals surface area contributed by atoms with E-state index in [1.54, 1.807) is 0 Å². The van der Waals surface area contributed by atoms with Gasteiger partial charge in [0.2, 0.25) is 0 Å². The lowest BCUT2D eigenvalue weighted by Gasteiger charge is -2.35. The van der Waals surface area contributed by atoms with Gasteiger partial charge in [0, 0.05) is 37.6 Å². The Labute approximate surface area is 117 Å². The lowest BCUT2D eigenvalue weighted by molar-refractivity contribution is 0.161. The third kappa shape index (κ3) is 5.27. The average Bonchev–Trinajstić information content (AvgIpc) is 2.37. The maximum atomic E-state index is 6.23. The van der Waals surface area contributed by atoms with E-state index in [1.807, 2.05) is 12.4 Å². The van der Waals surface area contributed by atoms with E-state index in [0.29, 0.717) is 0 Å². The van der Waals surface area contributed by atoms with Crippen molar-refractivity contribution in [2.24, 2.45) is 5.73 Å². The van der Waals surface area contributed by atoms with E-state index < -0.39 is 0 Å². The van der Waals surface area contributed by atoms with Crippen molar-refractivity contribution in [3.8, 4) is 0 Å². The Morgan fingerprint density at radius 2 is 1.79 bits per heavy atom. The van der Waals surface area contributed by atoms with Gasteiger partial charge in [0.05, 0.1) is 0 Å². The van der Waals surface area contributed by atoms with Gasteiger partial charge in [-0.2, -0.15) is 0 Å². The van der Waals surface area contributed by atoms with Crippen LogP contribution in [0.1, 0.15) is 31.9 Å². The zero-order chi connectivity index (χ0) is 14.3. The second kappa shape index (κ2) is 8.25. The summed E-state index contributed by atoms with van der Waals surface area (Å²) in [5.41, 5.74) is 7.49. The van der Waals surface area contributed by atoms with Crippen molar-refractivity contribution in [3.63, 3.8) is 0 Å². The molecule has 1 aromatic rings. The van der Waals surface area contributed by atoms with Crippen LogP contribution in [0.25, 0.3) is 0 Å². The van der Waals surface area contributed by atoms with Crippen LogP contribution in [0.3, 0.4) is 0 Å². The normalized spacial score (nSPS) is 14.9. The molecule has 1 rings (SSSR count). The Morgan fingerprint density at radius 3 is 2.26 bits per heavy atom. The number of likely N-dealkylation sites (N-methyl/N-ethyl adjacent to an activating group) is 1. The first-order chi connectivity index (χ1) is 9.06. The van der Waals surface area contributed by atoms with Gasteiger partial charge in [-0.3, -0.25) is 9.88 Å². The predicted octanol–water partition coefficient (Wildman–Crippen LogP) is 1.74. The minimum absolute atomic E-state index is 0.108. The van der Waals surface area contributed by atoms with Gasteiger partial charge in [0.1, 0.15) is 0 Å². The molecule has 1 heterocycles. The Bertz CT molecular complexity index is 337. The van der Waals surface area contributed by atoms with Crippen LogP contribution < -0.4 is 5.73 Å². The standard InChI is InChI=1S/C15H28N4/c1-5-10-19(12-11-18(3)4)15(13(2)16)14-6-8-17-9-7-14/h6-9,13,15H,5,10-12,16H2,1-4H3. The molecule has 2 unspecified atom stereocenters. The molecule has 19 heavy (non-hydrogen) atoms. The topological polar surface area (TPSA) is 45.4 Å². The molecule has 0 aliphatic heterocycles. The molecule has 2 N–H and O–H groups in total. The zero-order valence-corrected chi connectivity index (χ0v) is 12.7. The van der Waals surface area contributed by atoms with Crippen LogP contribution in [0.15, 0.2) is 24.5 Å². The lowest BCUT2D eigenvalue weighted by atomic mass is 10.00. The van der Waals surface area contributed by atoms with E-state index in [2.05, 4.69) is 54.9 Å². The maximum absolute atomic E-state index is 6.23. The molecular formula is C15H28N4. The molecule has 0 fully saturated rings. The molecule has 108 valence electrons. The number of nitrogens with zero attached hydrogens (tertiary/aromatic N) is 3. The van der Waals surface area contributed by atoms with Crippen LogP contribution >= 0.6 is 0 Å². The number of aromatic nitrogens is 1. The Kier molecular flexibility index (Phi) is 6.99. The van der Waals surface area contributed by atoms with E-state index in [0.717, 1.165) is 26.1 Å². The molecule has 0 saturated carbocycles. The summed E-state index contributed by atoms with van der Waals surface area (Å²) in [6.45, 7) is 7.46. The molecule has 1 aromatic heterocycles. The quantitative estimate of drug-likeness (QED) is 0.777. The highest BCUT2D eigenvalue weighted by Crippen LogP contribution is 2.23. The van der Waals surface area contributed by atoms with Gasteiger partial charge in [-0.1, -0.05) is 6.92 Å². The summed E-state index contributed by atoms with van der Waals surface area (Å²) in [5.74, 6) is 0. The molecular weight excluding hydrogens is 236 g/mol. The van der Waals surface area contributed by atoms with E-state index in [4.69, 9.17) is 5.73 Å². The molecule has 0 aliphatic carbocycles. The largest absolute Gasteiger partial charge is 0.326 e. The van der Waals surface area contributed by atoms with Crippen LogP contribution in [-0.2, 0) is 0 Å². The smallest absolute Gasteiger partial charge is 0.0498 e. The van der Waals surface area contributed by atoms with Crippen molar-refractivity contribution in [2.75, 3.05) is 33.7 Å². The molecule has 0 aromatic carbocycles. The number of nitrogens with two attached hydrogens (primary N) is 1. The Morgan fingerprint density at radius 1 is 1.16 bits per heavy atom. The van der Waals surface area contributed by atoms with Gasteiger partial charge in [-0.25, -0.2) is 0 Å². The lowest BCUT2D eigenvalue weighted by Crippen LogP contribution is -2.42. The number of hydrogen-bond donors (Lipinski definition) is 1. The fourth-order valence-corrected chi connectivity index (χ4v) is 2.41. The predicted molar refractivity (Wildman–Crippen MR) is 81.0 cm³/mol. The Hall–Kier alpha value is -0.970. The van der Waals surface area contributed by atoms with E-state index in [-0.39, 0.29) is 12.1 Å². The minimum atomic E-state index is 0.108. The molecule has 2 atom stereocenters. The first kappa shape index (κ1) is 16.1. The number of hydrogen-bond acceptors (Lipinski definition) is 4. The van der Waals surface area contributed by atoms with Crippen molar-refractivity contribution >= 4 is 0 Å². The van der Waals surface area contributed by atoms with E-state index in [1.165, 1.54) is 5.56 Å². The summed E-state index contributed by atoms with van der Waals surface area (Å²) in [5, 5.41) is 0. The molecule has 0 amide bonds. The number of pyridine rings is 1. The summed E-state index contributed by atoms with van der Waals surface area (Å²) in [7, 11) is 4.22. The summed E-state index contributed by atoms with van der Waals surface area (Å²) in [6.07, 6.45) is 4.84. The highest BCUT2D eigenvalue weighted by atomic mass is 15.2. The second-order valence-corrected chi connectivity index (χ2v) is 5.42. The van der Waals surface area contributed by atoms with Crippen molar-refractivity contribution in [1.82, 2.24) is 14.8 Å². The first-order valence-electron chi connectivity index (χ1n) is 7.10. The maximum Gasteiger partial charge on any atom is 0.0498 e. The van der Waals surface area contributed by atoms with Crippen LogP contribution in [0, 0.1) is 0 Å². The van der Waals surface area contributed by atoms with Gasteiger partial charge >= 0.3 is 0 Å². The molecule has 4 nitrogen and oxygen atoms in total. The summed E-state index contributed by atoms with van der Waals surface area (Å²) in [4.78, 5) is 8.80. The zero-order valence-electron chi connectivity index (χ0n) is 12.7. The van der Waals surface area contributed by atoms with Gasteiger partial charge in [-0.15, -0.1) is 0 Å². The van der Waals surface area contributed by atoms with Crippen molar-refractivity contribution in [3.05, 3.63) is 30.1 Å². The van der Waals surface area contributed by atoms with Crippen molar-refractivity contribution < 1.29 is 0 Å². The molecule has 0 saturated heterocycles. The van der Waals surface area contributed by atoms with E-state index in [9.17, 15) is 0 Å². The molecule has 4 heteroatoms. The second-order valence-electron chi connectivity index (χ2n) is 5.42. The summed E-state index contributed by atoms with van der Waals surface area (Å²) < 4.78 is 0. The van der Waals surface area contributed by atoms with Crippen LogP contribution in [0.5, 0.6) is 0 Å². The summed E-state index contributed by atoms with van der Waals surface area (Å²) in [6, 6.07) is 4.53. The molecule has 0 bridgehead atoms. The van der Waals surface area contributed by atoms with Gasteiger partial charge in [0.15, 0.2) is 0 Å². The molecule has 0 spiro atoms.